The molecule has 0 bridgehead atoms. The van der Waals surface area contributed by atoms with Gasteiger partial charge in [-0.05, 0) is 60.8 Å². The maximum absolute atomic E-state index is 14.9. The van der Waals surface area contributed by atoms with Gasteiger partial charge in [0.25, 0.3) is 0 Å². The van der Waals surface area contributed by atoms with Crippen molar-refractivity contribution < 1.29 is 86.3 Å². The first-order valence-corrected chi connectivity index (χ1v) is 29.1. The number of nitrogens with zero attached hydrogens (tertiary/aromatic N) is 4. The Morgan fingerprint density at radius 1 is 0.663 bits per heavy atom. The lowest BCUT2D eigenvalue weighted by Crippen LogP contribution is -2.62. The fourth-order valence-corrected chi connectivity index (χ4v) is 9.41. The number of phenolic OH excluding ortho intramolecular Hbond substituents is 1. The molecule has 0 spiro atoms. The molecule has 0 radical (unpaired) electrons. The highest BCUT2D eigenvalue weighted by Crippen LogP contribution is 2.22. The fourth-order valence-electron chi connectivity index (χ4n) is 9.41. The molecule has 31 nitrogen and oxygen atoms in total. The van der Waals surface area contributed by atoms with Crippen molar-refractivity contribution >= 4 is 71.1 Å². The molecular weight excluding hydrogens is 1220 g/mol. The second-order valence-corrected chi connectivity index (χ2v) is 22.0. The van der Waals surface area contributed by atoms with Gasteiger partial charge in [-0.1, -0.05) is 76.6 Å². The first kappa shape index (κ1) is 74.3. The van der Waals surface area contributed by atoms with Gasteiger partial charge in [0.2, 0.25) is 47.3 Å². The van der Waals surface area contributed by atoms with Gasteiger partial charge in [0.15, 0.2) is 5.96 Å². The largest absolute Gasteiger partial charge is 0.508 e. The molecule has 34 heteroatoms. The second-order valence-electron chi connectivity index (χ2n) is 22.0. The molecule has 5 rings (SSSR count). The molecular formula is C58H79F3N16O15. The van der Waals surface area contributed by atoms with Crippen molar-refractivity contribution in [1.82, 2.24) is 62.1 Å². The van der Waals surface area contributed by atoms with Gasteiger partial charge < -0.3 is 89.7 Å². The van der Waals surface area contributed by atoms with Crippen LogP contribution in [0, 0.1) is 11.8 Å². The number of alkyl halides is 3. The number of carbonyl (C=O) groups excluding carboxylic acids is 8. The first-order valence-electron chi connectivity index (χ1n) is 29.1. The standard InChI is InChI=1S/C56H78N16O13.C2HF3O2/c1-5-31(4)46(71-50(79)40(22-33-15-17-36(73)18-16-33)67-52(81)45(30(2)3)70-48(77)38(13-9-19-62-56(58)59)65-47(76)37(57)25-44(74)75)53(82)68-41(23-34-26-60-28-63-34)54(83)72-20-10-14-43(72)51(80)66-39(21-32-11-7-6-8-12-32)49(78)69-42(55(84)85)24-35-27-61-29-64-35;3-2(4,5)1(6)7/h6-8,11-12,15-18,26-31,37-43,45-46,73H,5,9-10,13-14,19-25,57H2,1-4H3,(H,60,63)(H,61,64)(H,65,76)(H,66,80)(H,67,81)(H,68,82)(H,69,78)(H,70,77)(H,71,79)(H,74,75)(H,84,85)(H4,58,59,62);(H,6,7)/t31-,37-,38-,39-,40-,41-,42-,43-,45-,46-;/m0./s1. The molecule has 19 N–H and O–H groups in total. The Kier molecular flexibility index (Phi) is 29.0. The number of rotatable bonds is 33. The predicted octanol–water partition coefficient (Wildman–Crippen LogP) is -1.23. The van der Waals surface area contributed by atoms with Crippen molar-refractivity contribution in [3.63, 3.8) is 0 Å². The number of phenols is 1. The third-order valence-electron chi connectivity index (χ3n) is 14.5. The van der Waals surface area contributed by atoms with Crippen LogP contribution in [0.25, 0.3) is 0 Å². The van der Waals surface area contributed by atoms with E-state index in [1.165, 1.54) is 54.2 Å². The van der Waals surface area contributed by atoms with E-state index in [9.17, 15) is 76.4 Å². The normalized spacial score (nSPS) is 15.8. The SMILES string of the molecule is CC[C@H](C)[C@H](NC(=O)[C@H](Cc1ccc(O)cc1)NC(=O)[C@@H](NC(=O)[C@H](CCCN=C(N)N)NC(=O)[C@@H](N)CC(=O)O)C(C)C)C(=O)N[C@@H](Cc1cnc[nH]1)C(=O)N1CCC[C@H]1C(=O)N[C@@H](Cc1ccccc1)C(=O)N[C@@H](Cc1cnc[nH]1)C(=O)O.O=C(O)C(F)(F)F. The summed E-state index contributed by atoms with van der Waals surface area (Å²) in [6, 6.07) is 2.25. The van der Waals surface area contributed by atoms with Crippen LogP contribution in [0.1, 0.15) is 88.7 Å². The summed E-state index contributed by atoms with van der Waals surface area (Å²) in [7, 11) is 0. The fraction of sp³-hybridized carbons (Fsp3) is 0.483. The van der Waals surface area contributed by atoms with Gasteiger partial charge in [-0.2, -0.15) is 13.2 Å². The summed E-state index contributed by atoms with van der Waals surface area (Å²) in [5, 5.41) is 55.1. The summed E-state index contributed by atoms with van der Waals surface area (Å²) in [4.78, 5) is 165. The average Bonchev–Trinajstić information content (AvgIpc) is 1.63. The van der Waals surface area contributed by atoms with Gasteiger partial charge in [-0.3, -0.25) is 48.1 Å². The lowest BCUT2D eigenvalue weighted by molar-refractivity contribution is -0.192. The van der Waals surface area contributed by atoms with Crippen LogP contribution in [-0.2, 0) is 78.4 Å². The third-order valence-corrected chi connectivity index (χ3v) is 14.5. The highest BCUT2D eigenvalue weighted by molar-refractivity contribution is 5.99. The quantitative estimate of drug-likeness (QED) is 0.0151. The van der Waals surface area contributed by atoms with Crippen LogP contribution >= 0.6 is 0 Å². The number of carboxylic acid groups (broad SMARTS) is 3. The number of carbonyl (C=O) groups is 11. The highest BCUT2D eigenvalue weighted by Gasteiger charge is 2.42. The summed E-state index contributed by atoms with van der Waals surface area (Å²) in [6.45, 7) is 6.81. The van der Waals surface area contributed by atoms with Gasteiger partial charge in [0.05, 0.1) is 25.1 Å². The number of imidazole rings is 2. The summed E-state index contributed by atoms with van der Waals surface area (Å²) in [6.07, 6.45) is 0.205. The number of aromatic hydroxyl groups is 1. The van der Waals surface area contributed by atoms with E-state index in [1.807, 2.05) is 0 Å². The topological polar surface area (TPSA) is 504 Å². The Morgan fingerprint density at radius 3 is 1.68 bits per heavy atom. The van der Waals surface area contributed by atoms with Crippen molar-refractivity contribution in [1.29, 1.82) is 0 Å². The van der Waals surface area contributed by atoms with Crippen LogP contribution in [0.4, 0.5) is 13.2 Å². The number of guanidine groups is 1. The summed E-state index contributed by atoms with van der Waals surface area (Å²) in [5.74, 6) is -13.5. The smallest absolute Gasteiger partial charge is 0.490 e. The third kappa shape index (κ3) is 24.3. The molecule has 0 aliphatic carbocycles. The molecule has 1 aliphatic rings. The number of carboxylic acids is 3. The molecule has 92 heavy (non-hydrogen) atoms. The van der Waals surface area contributed by atoms with E-state index in [0.717, 1.165) is 0 Å². The Balaban J connectivity index is 0.00000243. The molecule has 3 heterocycles. The Bertz CT molecular complexity index is 3150. The molecule has 0 saturated carbocycles. The Hall–Kier alpha value is -10.2. The zero-order chi connectivity index (χ0) is 68.4. The molecule has 502 valence electrons. The van der Waals surface area contributed by atoms with Gasteiger partial charge in [0, 0.05) is 62.6 Å². The number of aliphatic carboxylic acids is 3. The number of hydrogen-bond donors (Lipinski definition) is 16. The summed E-state index contributed by atoms with van der Waals surface area (Å²) >= 11 is 0. The molecule has 8 amide bonds. The molecule has 1 fully saturated rings. The van der Waals surface area contributed by atoms with Gasteiger partial charge in [0.1, 0.15) is 54.1 Å². The van der Waals surface area contributed by atoms with Crippen LogP contribution in [-0.4, -0.2) is 190 Å². The number of amides is 8. The molecule has 2 aromatic carbocycles. The monoisotopic (exact) mass is 1300 g/mol. The molecule has 10 atom stereocenters. The summed E-state index contributed by atoms with van der Waals surface area (Å²) < 4.78 is 31.7. The number of aromatic amines is 2. The molecule has 4 aromatic rings. The van der Waals surface area contributed by atoms with Gasteiger partial charge in [-0.25, -0.2) is 19.6 Å². The van der Waals surface area contributed by atoms with Crippen molar-refractivity contribution in [2.75, 3.05) is 13.1 Å². The van der Waals surface area contributed by atoms with E-state index in [2.05, 4.69) is 62.1 Å². The Morgan fingerprint density at radius 2 is 1.16 bits per heavy atom. The van der Waals surface area contributed by atoms with Crippen molar-refractivity contribution in [2.24, 2.45) is 34.0 Å². The molecule has 2 aromatic heterocycles. The predicted molar refractivity (Wildman–Crippen MR) is 321 cm³/mol. The number of halogens is 3. The lowest BCUT2D eigenvalue weighted by Gasteiger charge is -2.32. The van der Waals surface area contributed by atoms with E-state index in [1.54, 1.807) is 58.0 Å². The van der Waals surface area contributed by atoms with Crippen molar-refractivity contribution in [3.8, 4) is 5.75 Å². The first-order chi connectivity index (χ1) is 43.4. The van der Waals surface area contributed by atoms with E-state index in [-0.39, 0.29) is 69.7 Å². The van der Waals surface area contributed by atoms with Gasteiger partial charge >= 0.3 is 24.1 Å². The van der Waals surface area contributed by atoms with E-state index in [4.69, 9.17) is 27.1 Å². The maximum Gasteiger partial charge on any atom is 0.490 e. The molecule has 1 aliphatic heterocycles. The number of hydrogen-bond acceptors (Lipinski definition) is 16. The zero-order valence-electron chi connectivity index (χ0n) is 50.8. The number of likely N-dealkylation sites (tertiary alicyclic amines) is 1. The average molecular weight is 1300 g/mol. The van der Waals surface area contributed by atoms with Crippen molar-refractivity contribution in [3.05, 3.63) is 102 Å². The van der Waals surface area contributed by atoms with Gasteiger partial charge in [-0.15, -0.1) is 0 Å². The van der Waals surface area contributed by atoms with E-state index in [0.29, 0.717) is 35.4 Å². The van der Waals surface area contributed by atoms with Crippen LogP contribution in [0.3, 0.4) is 0 Å². The number of nitrogens with one attached hydrogen (secondary N) is 9. The minimum atomic E-state index is -5.08. The molecule has 1 saturated heterocycles. The van der Waals surface area contributed by atoms with Crippen LogP contribution in [0.15, 0.2) is 84.6 Å². The van der Waals surface area contributed by atoms with Crippen molar-refractivity contribution in [2.45, 2.75) is 152 Å². The number of H-pyrrole nitrogens is 2. The minimum Gasteiger partial charge on any atom is -0.508 e. The number of aliphatic imine (C=N–C) groups is 1. The van der Waals surface area contributed by atoms with Crippen LogP contribution < -0.4 is 54.4 Å². The number of benzene rings is 2. The Labute approximate surface area is 525 Å². The maximum atomic E-state index is 14.9. The second kappa shape index (κ2) is 35.9. The number of nitrogens with two attached hydrogens (primary N) is 3. The number of aromatic nitrogens is 4. The summed E-state index contributed by atoms with van der Waals surface area (Å²) in [5.41, 5.74) is 18.7. The van der Waals surface area contributed by atoms with Crippen LogP contribution in [0.5, 0.6) is 5.75 Å². The minimum absolute atomic E-state index is 0.0369. The van der Waals surface area contributed by atoms with Crippen LogP contribution in [0.2, 0.25) is 0 Å². The van der Waals surface area contributed by atoms with E-state index >= 15 is 0 Å². The lowest BCUT2D eigenvalue weighted by atomic mass is 9.96. The zero-order valence-corrected chi connectivity index (χ0v) is 50.8. The van der Waals surface area contributed by atoms with E-state index < -0.39 is 144 Å². The highest BCUT2D eigenvalue weighted by atomic mass is 19.4. The molecule has 0 unspecified atom stereocenters.